The molecule has 5 nitrogen and oxygen atoms in total. The van der Waals surface area contributed by atoms with Crippen molar-refractivity contribution in [1.29, 1.82) is 0 Å². The average Bonchev–Trinajstić information content (AvgIpc) is 3.19. The molecule has 1 aliphatic carbocycles. The first kappa shape index (κ1) is 13.3. The molecule has 2 rings (SSSR count). The Morgan fingerprint density at radius 1 is 1.44 bits per heavy atom. The maximum absolute atomic E-state index is 9.44. The van der Waals surface area contributed by atoms with E-state index < -0.39 is 6.10 Å². The van der Waals surface area contributed by atoms with E-state index in [1.165, 1.54) is 12.8 Å². The number of nitrogens with zero attached hydrogens (tertiary/aromatic N) is 1. The number of rotatable bonds is 8. The van der Waals surface area contributed by atoms with E-state index in [0.29, 0.717) is 11.8 Å². The van der Waals surface area contributed by atoms with Crippen LogP contribution in [0.15, 0.2) is 18.3 Å². The minimum atomic E-state index is -0.605. The van der Waals surface area contributed by atoms with E-state index in [9.17, 15) is 5.11 Å². The van der Waals surface area contributed by atoms with Gasteiger partial charge in [0.1, 0.15) is 18.5 Å². The van der Waals surface area contributed by atoms with E-state index in [0.717, 1.165) is 12.2 Å². The lowest BCUT2D eigenvalue weighted by atomic mass is 10.3. The van der Waals surface area contributed by atoms with Crippen molar-refractivity contribution in [3.05, 3.63) is 24.0 Å². The molecule has 1 aliphatic rings. The van der Waals surface area contributed by atoms with Crippen molar-refractivity contribution in [1.82, 2.24) is 10.3 Å². The summed E-state index contributed by atoms with van der Waals surface area (Å²) in [7, 11) is 1.55. The molecule has 1 saturated carbocycles. The largest absolute Gasteiger partial charge is 0.489 e. The second-order valence-corrected chi connectivity index (χ2v) is 4.56. The van der Waals surface area contributed by atoms with Crippen molar-refractivity contribution >= 4 is 0 Å². The Morgan fingerprint density at radius 2 is 2.28 bits per heavy atom. The molecule has 0 saturated heterocycles. The highest BCUT2D eigenvalue weighted by Gasteiger charge is 2.20. The van der Waals surface area contributed by atoms with Crippen molar-refractivity contribution in [2.24, 2.45) is 0 Å². The van der Waals surface area contributed by atoms with Crippen LogP contribution in [0.1, 0.15) is 18.5 Å². The summed E-state index contributed by atoms with van der Waals surface area (Å²) in [6, 6.07) is 4.50. The van der Waals surface area contributed by atoms with Crippen molar-refractivity contribution in [3.63, 3.8) is 0 Å². The topological polar surface area (TPSA) is 63.6 Å². The zero-order valence-electron chi connectivity index (χ0n) is 10.6. The zero-order chi connectivity index (χ0) is 12.8. The Morgan fingerprint density at radius 3 is 2.89 bits per heavy atom. The summed E-state index contributed by atoms with van der Waals surface area (Å²) in [6.45, 7) is 1.29. The van der Waals surface area contributed by atoms with E-state index in [2.05, 4.69) is 10.3 Å². The van der Waals surface area contributed by atoms with Crippen LogP contribution in [0.2, 0.25) is 0 Å². The molecule has 5 heteroatoms. The van der Waals surface area contributed by atoms with Crippen LogP contribution >= 0.6 is 0 Å². The van der Waals surface area contributed by atoms with Gasteiger partial charge in [-0.1, -0.05) is 0 Å². The lowest BCUT2D eigenvalue weighted by Gasteiger charge is -2.11. The maximum Gasteiger partial charge on any atom is 0.137 e. The maximum atomic E-state index is 9.44. The van der Waals surface area contributed by atoms with E-state index in [1.54, 1.807) is 13.3 Å². The molecular weight excluding hydrogens is 232 g/mol. The monoisotopic (exact) mass is 252 g/mol. The number of aromatic nitrogens is 1. The van der Waals surface area contributed by atoms with Crippen molar-refractivity contribution in [3.8, 4) is 5.75 Å². The molecule has 0 spiro atoms. The molecule has 1 atom stereocenters. The molecule has 1 aromatic rings. The highest BCUT2D eigenvalue weighted by Crippen LogP contribution is 2.19. The molecule has 0 aromatic carbocycles. The van der Waals surface area contributed by atoms with E-state index in [1.807, 2.05) is 12.1 Å². The van der Waals surface area contributed by atoms with Gasteiger partial charge in [0.2, 0.25) is 0 Å². The predicted molar refractivity (Wildman–Crippen MR) is 67.5 cm³/mol. The van der Waals surface area contributed by atoms with Crippen LogP contribution in [0.3, 0.4) is 0 Å². The fourth-order valence-electron chi connectivity index (χ4n) is 1.57. The van der Waals surface area contributed by atoms with Gasteiger partial charge < -0.3 is 19.9 Å². The summed E-state index contributed by atoms with van der Waals surface area (Å²) < 4.78 is 10.2. The zero-order valence-corrected chi connectivity index (χ0v) is 10.6. The lowest BCUT2D eigenvalue weighted by molar-refractivity contribution is 0.0324. The minimum absolute atomic E-state index is 0.217. The number of aliphatic hydroxyl groups is 1. The van der Waals surface area contributed by atoms with Crippen LogP contribution < -0.4 is 10.1 Å². The molecule has 18 heavy (non-hydrogen) atoms. The molecule has 0 aliphatic heterocycles. The molecule has 0 bridgehead atoms. The second-order valence-electron chi connectivity index (χ2n) is 4.56. The smallest absolute Gasteiger partial charge is 0.137 e. The van der Waals surface area contributed by atoms with Gasteiger partial charge in [-0.15, -0.1) is 0 Å². The third-order valence-corrected chi connectivity index (χ3v) is 2.75. The van der Waals surface area contributed by atoms with Gasteiger partial charge in [-0.25, -0.2) is 0 Å². The highest BCUT2D eigenvalue weighted by molar-refractivity contribution is 5.20. The number of aliphatic hydroxyl groups excluding tert-OH is 1. The molecule has 0 amide bonds. The van der Waals surface area contributed by atoms with Crippen LogP contribution in [-0.4, -0.2) is 42.6 Å². The van der Waals surface area contributed by atoms with E-state index >= 15 is 0 Å². The molecule has 100 valence electrons. The Hall–Kier alpha value is -1.17. The molecule has 2 N–H and O–H groups in total. The van der Waals surface area contributed by atoms with Gasteiger partial charge in [-0.05, 0) is 25.0 Å². The first-order chi connectivity index (χ1) is 8.78. The van der Waals surface area contributed by atoms with Gasteiger partial charge in [0.15, 0.2) is 0 Å². The molecule has 0 radical (unpaired) electrons. The summed E-state index contributed by atoms with van der Waals surface area (Å²) in [6.07, 6.45) is 3.63. The van der Waals surface area contributed by atoms with Crippen molar-refractivity contribution < 1.29 is 14.6 Å². The van der Waals surface area contributed by atoms with Gasteiger partial charge in [-0.3, -0.25) is 4.98 Å². The van der Waals surface area contributed by atoms with Crippen LogP contribution in [-0.2, 0) is 11.3 Å². The quantitative estimate of drug-likeness (QED) is 0.714. The Bertz CT molecular complexity index is 352. The Kier molecular flexibility index (Phi) is 4.92. The normalized spacial score (nSPS) is 16.6. The lowest BCUT2D eigenvalue weighted by Crippen LogP contribution is -2.22. The summed E-state index contributed by atoms with van der Waals surface area (Å²) in [4.78, 5) is 4.30. The number of nitrogens with one attached hydrogen (secondary N) is 1. The van der Waals surface area contributed by atoms with Crippen LogP contribution in [0, 0.1) is 0 Å². The SMILES string of the molecule is COCC(O)COc1ccc(CNC2CC2)nc1. The van der Waals surface area contributed by atoms with E-state index in [-0.39, 0.29) is 13.2 Å². The molecule has 1 unspecified atom stereocenters. The van der Waals surface area contributed by atoms with Crippen LogP contribution in [0.4, 0.5) is 0 Å². The third kappa shape index (κ3) is 4.60. The summed E-state index contributed by atoms with van der Waals surface area (Å²) in [5, 5.41) is 12.8. The average molecular weight is 252 g/mol. The van der Waals surface area contributed by atoms with E-state index in [4.69, 9.17) is 9.47 Å². The van der Waals surface area contributed by atoms with Crippen molar-refractivity contribution in [2.45, 2.75) is 31.5 Å². The highest BCUT2D eigenvalue weighted by atomic mass is 16.5. The van der Waals surface area contributed by atoms with Crippen LogP contribution in [0.25, 0.3) is 0 Å². The molecule has 1 aromatic heterocycles. The Balaban J connectivity index is 1.72. The minimum Gasteiger partial charge on any atom is -0.489 e. The predicted octanol–water partition coefficient (Wildman–Crippen LogP) is 0.720. The number of hydrogen-bond donors (Lipinski definition) is 2. The number of pyridine rings is 1. The summed E-state index contributed by atoms with van der Waals surface area (Å²) in [5.74, 6) is 0.667. The van der Waals surface area contributed by atoms with Gasteiger partial charge in [0, 0.05) is 19.7 Å². The van der Waals surface area contributed by atoms with Gasteiger partial charge in [-0.2, -0.15) is 0 Å². The third-order valence-electron chi connectivity index (χ3n) is 2.75. The first-order valence-electron chi connectivity index (χ1n) is 6.26. The summed E-state index contributed by atoms with van der Waals surface area (Å²) >= 11 is 0. The second kappa shape index (κ2) is 6.68. The number of methoxy groups -OCH3 is 1. The fraction of sp³-hybridized carbons (Fsp3) is 0.615. The van der Waals surface area contributed by atoms with Gasteiger partial charge >= 0.3 is 0 Å². The van der Waals surface area contributed by atoms with Crippen LogP contribution in [0.5, 0.6) is 5.75 Å². The molecule has 1 fully saturated rings. The standard InChI is InChI=1S/C13H20N2O3/c1-17-8-12(16)9-18-13-5-4-11(15-7-13)6-14-10-2-3-10/h4-5,7,10,12,14,16H,2-3,6,8-9H2,1H3. The summed E-state index contributed by atoms with van der Waals surface area (Å²) in [5.41, 5.74) is 1.01. The van der Waals surface area contributed by atoms with Crippen molar-refractivity contribution in [2.75, 3.05) is 20.3 Å². The fourth-order valence-corrected chi connectivity index (χ4v) is 1.57. The van der Waals surface area contributed by atoms with Gasteiger partial charge in [0.05, 0.1) is 18.5 Å². The number of ether oxygens (including phenoxy) is 2. The molecule has 1 heterocycles. The number of hydrogen-bond acceptors (Lipinski definition) is 5. The van der Waals surface area contributed by atoms with Gasteiger partial charge in [0.25, 0.3) is 0 Å². The Labute approximate surface area is 107 Å². The first-order valence-corrected chi connectivity index (χ1v) is 6.26. The molecular formula is C13H20N2O3.